The van der Waals surface area contributed by atoms with E-state index in [-0.39, 0.29) is 28.0 Å². The summed E-state index contributed by atoms with van der Waals surface area (Å²) in [5.41, 5.74) is 2.44. The molecule has 0 fully saturated rings. The first-order valence-corrected chi connectivity index (χ1v) is 9.87. The fraction of sp³-hybridized carbons (Fsp3) is 0.118. The van der Waals surface area contributed by atoms with Crippen molar-refractivity contribution >= 4 is 33.2 Å². The van der Waals surface area contributed by atoms with Crippen LogP contribution in [0.5, 0.6) is 5.75 Å². The van der Waals surface area contributed by atoms with E-state index in [9.17, 15) is 13.5 Å². The minimum absolute atomic E-state index is 0.108. The summed E-state index contributed by atoms with van der Waals surface area (Å²) in [7, 11) is -3.98. The number of phenolic OH excluding ortho intramolecular Hbond substituents is 1. The van der Waals surface area contributed by atoms with Crippen molar-refractivity contribution in [3.63, 3.8) is 0 Å². The normalized spacial score (nSPS) is 14.5. The van der Waals surface area contributed by atoms with Crippen LogP contribution in [0.3, 0.4) is 0 Å². The fourth-order valence-corrected chi connectivity index (χ4v) is 5.08. The van der Waals surface area contributed by atoms with E-state index in [0.29, 0.717) is 0 Å². The Morgan fingerprint density at radius 3 is 2.54 bits per heavy atom. The maximum absolute atomic E-state index is 13.0. The van der Waals surface area contributed by atoms with Crippen LogP contribution in [0.1, 0.15) is 11.3 Å². The zero-order valence-corrected chi connectivity index (χ0v) is 15.6. The van der Waals surface area contributed by atoms with Crippen LogP contribution in [0.15, 0.2) is 53.6 Å². The van der Waals surface area contributed by atoms with Crippen molar-refractivity contribution in [2.45, 2.75) is 18.0 Å². The molecule has 2 heterocycles. The van der Waals surface area contributed by atoms with Crippen LogP contribution in [0.4, 0.5) is 0 Å². The summed E-state index contributed by atoms with van der Waals surface area (Å²) in [6.45, 7) is 0.296. The maximum Gasteiger partial charge on any atom is 0.247 e. The van der Waals surface area contributed by atoms with E-state index in [4.69, 9.17) is 23.2 Å². The molecule has 0 bridgehead atoms. The third-order valence-electron chi connectivity index (χ3n) is 4.24. The Labute approximate surface area is 160 Å². The number of benzene rings is 2. The van der Waals surface area contributed by atoms with E-state index in [1.54, 1.807) is 10.9 Å². The van der Waals surface area contributed by atoms with Crippen LogP contribution in [-0.2, 0) is 23.1 Å². The van der Waals surface area contributed by atoms with Crippen molar-refractivity contribution in [1.29, 1.82) is 0 Å². The molecular weight excluding hydrogens is 397 g/mol. The number of halogens is 2. The lowest BCUT2D eigenvalue weighted by Crippen LogP contribution is -2.26. The summed E-state index contributed by atoms with van der Waals surface area (Å²) in [5.74, 6) is -0.503. The number of aromatic hydroxyl groups is 1. The van der Waals surface area contributed by atoms with Crippen molar-refractivity contribution in [2.75, 3.05) is 0 Å². The highest BCUT2D eigenvalue weighted by atomic mass is 35.5. The molecule has 0 spiro atoms. The number of sulfonamides is 1. The van der Waals surface area contributed by atoms with E-state index in [1.165, 1.54) is 16.4 Å². The first-order valence-electron chi connectivity index (χ1n) is 7.67. The summed E-state index contributed by atoms with van der Waals surface area (Å²) in [4.78, 5) is -0.306. The standard InChI is InChI=1S/C17H13Cl2N3O3S/c18-12-6-14(19)17(23)16(7-12)26(24,25)21-9-11-8-20-22(15(11)10-21)13-4-2-1-3-5-13/h1-8,23H,9-10H2. The lowest BCUT2D eigenvalue weighted by Gasteiger charge is -2.18. The summed E-state index contributed by atoms with van der Waals surface area (Å²) in [5, 5.41) is 14.5. The molecule has 9 heteroatoms. The number of rotatable bonds is 3. The van der Waals surface area contributed by atoms with Gasteiger partial charge < -0.3 is 5.11 Å². The quantitative estimate of drug-likeness (QED) is 0.716. The van der Waals surface area contributed by atoms with Crippen LogP contribution in [-0.4, -0.2) is 27.6 Å². The fourth-order valence-electron chi connectivity index (χ4n) is 2.96. The van der Waals surface area contributed by atoms with Crippen LogP contribution in [0, 0.1) is 0 Å². The van der Waals surface area contributed by atoms with Gasteiger partial charge in [-0.15, -0.1) is 0 Å². The van der Waals surface area contributed by atoms with Gasteiger partial charge in [0.1, 0.15) is 4.90 Å². The van der Waals surface area contributed by atoms with Crippen LogP contribution in [0.25, 0.3) is 5.69 Å². The second-order valence-corrected chi connectivity index (χ2v) is 8.62. The Bertz CT molecular complexity index is 1100. The van der Waals surface area contributed by atoms with Gasteiger partial charge in [0.05, 0.1) is 29.1 Å². The second-order valence-electron chi connectivity index (χ2n) is 5.87. The van der Waals surface area contributed by atoms with Crippen molar-refractivity contribution in [3.05, 3.63) is 70.0 Å². The number of nitrogens with zero attached hydrogens (tertiary/aromatic N) is 3. The zero-order valence-electron chi connectivity index (χ0n) is 13.3. The molecule has 6 nitrogen and oxygen atoms in total. The van der Waals surface area contributed by atoms with Crippen LogP contribution in [0.2, 0.25) is 10.0 Å². The largest absolute Gasteiger partial charge is 0.505 e. The topological polar surface area (TPSA) is 75.4 Å². The summed E-state index contributed by atoms with van der Waals surface area (Å²) >= 11 is 11.8. The molecule has 1 N–H and O–H groups in total. The van der Waals surface area contributed by atoms with Gasteiger partial charge in [0.15, 0.2) is 5.75 Å². The van der Waals surface area contributed by atoms with Gasteiger partial charge in [-0.25, -0.2) is 13.1 Å². The molecule has 1 aliphatic rings. The molecule has 0 saturated heterocycles. The third kappa shape index (κ3) is 2.77. The third-order valence-corrected chi connectivity index (χ3v) is 6.55. The minimum atomic E-state index is -3.98. The van der Waals surface area contributed by atoms with Crippen molar-refractivity contribution in [2.24, 2.45) is 0 Å². The molecule has 1 aliphatic heterocycles. The van der Waals surface area contributed by atoms with E-state index < -0.39 is 15.8 Å². The van der Waals surface area contributed by atoms with Gasteiger partial charge in [-0.2, -0.15) is 9.40 Å². The van der Waals surface area contributed by atoms with E-state index in [0.717, 1.165) is 16.9 Å². The van der Waals surface area contributed by atoms with E-state index >= 15 is 0 Å². The molecule has 1 aromatic heterocycles. The summed E-state index contributed by atoms with van der Waals surface area (Å²) < 4.78 is 29.0. The number of phenols is 1. The molecule has 4 rings (SSSR count). The molecule has 3 aromatic rings. The highest BCUT2D eigenvalue weighted by Gasteiger charge is 2.35. The van der Waals surface area contributed by atoms with Gasteiger partial charge in [0, 0.05) is 17.1 Å². The predicted octanol–water partition coefficient (Wildman–Crippen LogP) is 3.59. The lowest BCUT2D eigenvalue weighted by atomic mass is 10.3. The molecule has 0 unspecified atom stereocenters. The number of para-hydroxylation sites is 1. The van der Waals surface area contributed by atoms with Crippen molar-refractivity contribution < 1.29 is 13.5 Å². The number of fused-ring (bicyclic) bond motifs is 1. The molecule has 2 aromatic carbocycles. The molecule has 0 atom stereocenters. The van der Waals surface area contributed by atoms with Crippen LogP contribution >= 0.6 is 23.2 Å². The zero-order chi connectivity index (χ0) is 18.5. The van der Waals surface area contributed by atoms with E-state index in [1.807, 2.05) is 30.3 Å². The maximum atomic E-state index is 13.0. The summed E-state index contributed by atoms with van der Waals surface area (Å²) in [6.07, 6.45) is 1.66. The molecule has 0 saturated carbocycles. The number of hydrogen-bond acceptors (Lipinski definition) is 4. The van der Waals surface area contributed by atoms with Crippen molar-refractivity contribution in [1.82, 2.24) is 14.1 Å². The lowest BCUT2D eigenvalue weighted by molar-refractivity contribution is 0.414. The predicted molar refractivity (Wildman–Crippen MR) is 98.1 cm³/mol. The van der Waals surface area contributed by atoms with Gasteiger partial charge in [0.2, 0.25) is 10.0 Å². The molecule has 134 valence electrons. The highest BCUT2D eigenvalue weighted by molar-refractivity contribution is 7.89. The average Bonchev–Trinajstić information content (AvgIpc) is 3.19. The Kier molecular flexibility index (Phi) is 4.19. The molecule has 0 amide bonds. The summed E-state index contributed by atoms with van der Waals surface area (Å²) in [6, 6.07) is 12.0. The van der Waals surface area contributed by atoms with E-state index in [2.05, 4.69) is 5.10 Å². The number of aromatic nitrogens is 2. The second kappa shape index (κ2) is 6.28. The Morgan fingerprint density at radius 1 is 1.08 bits per heavy atom. The number of hydrogen-bond donors (Lipinski definition) is 1. The highest BCUT2D eigenvalue weighted by Crippen LogP contribution is 2.38. The molecular formula is C17H13Cl2N3O3S. The van der Waals surface area contributed by atoms with Gasteiger partial charge in [-0.05, 0) is 24.3 Å². The molecule has 0 aliphatic carbocycles. The Hall–Kier alpha value is -2.06. The van der Waals surface area contributed by atoms with Crippen LogP contribution < -0.4 is 0 Å². The SMILES string of the molecule is O=S(=O)(c1cc(Cl)cc(Cl)c1O)N1Cc2cnn(-c3ccccc3)c2C1. The van der Waals surface area contributed by atoms with Gasteiger partial charge >= 0.3 is 0 Å². The average molecular weight is 410 g/mol. The molecule has 26 heavy (non-hydrogen) atoms. The minimum Gasteiger partial charge on any atom is -0.505 e. The van der Waals surface area contributed by atoms with Gasteiger partial charge in [-0.3, -0.25) is 0 Å². The van der Waals surface area contributed by atoms with Gasteiger partial charge in [0.25, 0.3) is 0 Å². The first-order chi connectivity index (χ1) is 12.4. The van der Waals surface area contributed by atoms with Gasteiger partial charge in [-0.1, -0.05) is 41.4 Å². The smallest absolute Gasteiger partial charge is 0.247 e. The molecule has 0 radical (unpaired) electrons. The first kappa shape index (κ1) is 17.4. The van der Waals surface area contributed by atoms with Crippen molar-refractivity contribution in [3.8, 4) is 11.4 Å². The monoisotopic (exact) mass is 409 g/mol. The Balaban J connectivity index is 1.72. The Morgan fingerprint density at radius 2 is 1.81 bits per heavy atom.